The fraction of sp³-hybridized carbons (Fsp3) is 0.417. The molecule has 1 aliphatic carbocycles. The number of ether oxygens (including phenoxy) is 1. The van der Waals surface area contributed by atoms with Crippen molar-refractivity contribution in [1.29, 1.82) is 0 Å². The van der Waals surface area contributed by atoms with Crippen molar-refractivity contribution in [3.63, 3.8) is 0 Å². The number of methoxy groups -OCH3 is 1. The summed E-state index contributed by atoms with van der Waals surface area (Å²) in [5.41, 5.74) is -0.831. The lowest BCUT2D eigenvalue weighted by molar-refractivity contribution is -0.156. The molecule has 0 bridgehead atoms. The number of carbonyl (C=O) groups is 1. The van der Waals surface area contributed by atoms with Crippen molar-refractivity contribution < 1.29 is 19.0 Å². The molecule has 1 N–H and O–H groups in total. The van der Waals surface area contributed by atoms with Crippen molar-refractivity contribution in [3.8, 4) is 0 Å². The minimum Gasteiger partial charge on any atom is -0.468 e. The number of esters is 1. The number of hydrogen-bond acceptors (Lipinski definition) is 3. The summed E-state index contributed by atoms with van der Waals surface area (Å²) < 4.78 is 18.5. The van der Waals surface area contributed by atoms with Gasteiger partial charge < -0.3 is 9.84 Å². The third kappa shape index (κ3) is 1.91. The van der Waals surface area contributed by atoms with Gasteiger partial charge >= 0.3 is 5.97 Å². The molecular formula is C12H12ClFO3. The van der Waals surface area contributed by atoms with Crippen LogP contribution in [0.1, 0.15) is 18.4 Å². The second-order valence-corrected chi connectivity index (χ2v) is 4.70. The molecule has 0 saturated heterocycles. The van der Waals surface area contributed by atoms with Crippen molar-refractivity contribution in [3.05, 3.63) is 34.6 Å². The molecule has 17 heavy (non-hydrogen) atoms. The maximum atomic E-state index is 13.8. The molecule has 5 heteroatoms. The molecule has 0 atom stereocenters. The van der Waals surface area contributed by atoms with Crippen LogP contribution >= 0.6 is 11.6 Å². The zero-order valence-corrected chi connectivity index (χ0v) is 10.00. The van der Waals surface area contributed by atoms with Crippen LogP contribution in [-0.2, 0) is 14.9 Å². The van der Waals surface area contributed by atoms with Gasteiger partial charge in [0.05, 0.1) is 13.2 Å². The summed E-state index contributed by atoms with van der Waals surface area (Å²) in [5.74, 6) is -1.07. The highest BCUT2D eigenvalue weighted by atomic mass is 35.5. The second-order valence-electron chi connectivity index (χ2n) is 4.26. The molecule has 1 saturated carbocycles. The Hall–Kier alpha value is -1.13. The van der Waals surface area contributed by atoms with Gasteiger partial charge in [-0.05, 0) is 25.0 Å². The van der Waals surface area contributed by atoms with E-state index < -0.39 is 23.3 Å². The van der Waals surface area contributed by atoms with Crippen LogP contribution in [0.2, 0.25) is 5.02 Å². The summed E-state index contributed by atoms with van der Waals surface area (Å²) in [6.45, 7) is 0. The fourth-order valence-electron chi connectivity index (χ4n) is 2.31. The van der Waals surface area contributed by atoms with Gasteiger partial charge in [-0.15, -0.1) is 0 Å². The van der Waals surface area contributed by atoms with Crippen LogP contribution in [0.3, 0.4) is 0 Å². The van der Waals surface area contributed by atoms with Crippen LogP contribution in [0.25, 0.3) is 0 Å². The number of hydrogen-bond donors (Lipinski definition) is 1. The first-order valence-electron chi connectivity index (χ1n) is 5.21. The third-order valence-electron chi connectivity index (χ3n) is 3.19. The van der Waals surface area contributed by atoms with Gasteiger partial charge in [0.1, 0.15) is 11.2 Å². The molecule has 0 amide bonds. The first kappa shape index (κ1) is 12.3. The van der Waals surface area contributed by atoms with Crippen LogP contribution in [0, 0.1) is 5.82 Å². The van der Waals surface area contributed by atoms with Crippen LogP contribution < -0.4 is 0 Å². The maximum Gasteiger partial charge on any atom is 0.316 e. The standard InChI is InChI=1S/C12H12ClFO3/c1-17-11(16)12(5-8(15)6-12)9-3-2-7(13)4-10(9)14/h2-4,8,15H,5-6H2,1H3. The van der Waals surface area contributed by atoms with E-state index in [1.165, 1.54) is 19.2 Å². The van der Waals surface area contributed by atoms with Crippen LogP contribution in [0.4, 0.5) is 4.39 Å². The summed E-state index contributed by atoms with van der Waals surface area (Å²) in [5, 5.41) is 9.65. The first-order valence-corrected chi connectivity index (χ1v) is 5.59. The average molecular weight is 259 g/mol. The van der Waals surface area contributed by atoms with E-state index >= 15 is 0 Å². The predicted octanol–water partition coefficient (Wildman–Crippen LogP) is 2.04. The summed E-state index contributed by atoms with van der Waals surface area (Å²) in [7, 11) is 1.25. The van der Waals surface area contributed by atoms with Crippen molar-refractivity contribution in [1.82, 2.24) is 0 Å². The van der Waals surface area contributed by atoms with Crippen molar-refractivity contribution in [2.45, 2.75) is 24.4 Å². The quantitative estimate of drug-likeness (QED) is 0.826. The monoisotopic (exact) mass is 258 g/mol. The van der Waals surface area contributed by atoms with Gasteiger partial charge in [0.15, 0.2) is 0 Å². The molecule has 0 aliphatic heterocycles. The Bertz CT molecular complexity index is 455. The maximum absolute atomic E-state index is 13.8. The van der Waals surface area contributed by atoms with Crippen molar-refractivity contribution in [2.24, 2.45) is 0 Å². The Labute approximate surface area is 103 Å². The van der Waals surface area contributed by atoms with Crippen molar-refractivity contribution >= 4 is 17.6 Å². The van der Waals surface area contributed by atoms with Gasteiger partial charge in [-0.3, -0.25) is 4.79 Å². The van der Waals surface area contributed by atoms with E-state index in [-0.39, 0.29) is 23.4 Å². The second kappa shape index (κ2) is 4.27. The van der Waals surface area contributed by atoms with Gasteiger partial charge in [-0.1, -0.05) is 17.7 Å². The lowest BCUT2D eigenvalue weighted by Gasteiger charge is -2.43. The number of benzene rings is 1. The smallest absolute Gasteiger partial charge is 0.316 e. The highest BCUT2D eigenvalue weighted by Crippen LogP contribution is 2.46. The molecule has 0 spiro atoms. The van der Waals surface area contributed by atoms with Crippen molar-refractivity contribution in [2.75, 3.05) is 7.11 Å². The summed E-state index contributed by atoms with van der Waals surface area (Å²) in [6, 6.07) is 4.15. The number of carbonyl (C=O) groups excluding carboxylic acids is 1. The average Bonchev–Trinajstić information content (AvgIpc) is 2.24. The zero-order chi connectivity index (χ0) is 12.6. The summed E-state index contributed by atoms with van der Waals surface area (Å²) in [4.78, 5) is 11.8. The minimum atomic E-state index is -1.07. The lowest BCUT2D eigenvalue weighted by Crippen LogP contribution is -2.51. The Morgan fingerprint density at radius 2 is 2.24 bits per heavy atom. The van der Waals surface area contributed by atoms with E-state index in [9.17, 15) is 14.3 Å². The molecule has 92 valence electrons. The number of aliphatic hydroxyl groups excluding tert-OH is 1. The van der Waals surface area contributed by atoms with Gasteiger partial charge in [0.2, 0.25) is 0 Å². The summed E-state index contributed by atoms with van der Waals surface area (Å²) in [6.07, 6.45) is -0.236. The molecule has 0 aromatic heterocycles. The van der Waals surface area contributed by atoms with Gasteiger partial charge in [0.25, 0.3) is 0 Å². The van der Waals surface area contributed by atoms with E-state index in [0.717, 1.165) is 6.07 Å². The topological polar surface area (TPSA) is 46.5 Å². The van der Waals surface area contributed by atoms with Gasteiger partial charge in [0, 0.05) is 10.6 Å². The molecule has 1 aromatic carbocycles. The molecule has 0 heterocycles. The lowest BCUT2D eigenvalue weighted by atomic mass is 9.62. The fourth-order valence-corrected chi connectivity index (χ4v) is 2.47. The van der Waals surface area contributed by atoms with Crippen LogP contribution in [0.5, 0.6) is 0 Å². The van der Waals surface area contributed by atoms with Gasteiger partial charge in [-0.25, -0.2) is 4.39 Å². The minimum absolute atomic E-state index is 0.179. The number of aliphatic hydroxyl groups is 1. The highest BCUT2D eigenvalue weighted by Gasteiger charge is 2.53. The van der Waals surface area contributed by atoms with Crippen LogP contribution in [0.15, 0.2) is 18.2 Å². The SMILES string of the molecule is COC(=O)C1(c2ccc(Cl)cc2F)CC(O)C1. The molecular weight excluding hydrogens is 247 g/mol. The van der Waals surface area contributed by atoms with E-state index in [1.54, 1.807) is 0 Å². The molecule has 0 radical (unpaired) electrons. The normalized spacial score (nSPS) is 27.4. The van der Waals surface area contributed by atoms with Crippen LogP contribution in [-0.4, -0.2) is 24.3 Å². The predicted molar refractivity (Wildman–Crippen MR) is 60.3 cm³/mol. The zero-order valence-electron chi connectivity index (χ0n) is 9.24. The molecule has 1 aromatic rings. The third-order valence-corrected chi connectivity index (χ3v) is 3.43. The molecule has 1 fully saturated rings. The number of halogens is 2. The Morgan fingerprint density at radius 3 is 2.71 bits per heavy atom. The van der Waals surface area contributed by atoms with E-state index in [4.69, 9.17) is 16.3 Å². The Morgan fingerprint density at radius 1 is 1.59 bits per heavy atom. The largest absolute Gasteiger partial charge is 0.468 e. The highest BCUT2D eigenvalue weighted by molar-refractivity contribution is 6.30. The Balaban J connectivity index is 2.44. The van der Waals surface area contributed by atoms with E-state index in [0.29, 0.717) is 0 Å². The Kier molecular flexibility index (Phi) is 3.10. The molecule has 2 rings (SSSR count). The van der Waals surface area contributed by atoms with E-state index in [2.05, 4.69) is 0 Å². The van der Waals surface area contributed by atoms with Gasteiger partial charge in [-0.2, -0.15) is 0 Å². The first-order chi connectivity index (χ1) is 7.99. The molecule has 1 aliphatic rings. The molecule has 3 nitrogen and oxygen atoms in total. The summed E-state index contributed by atoms with van der Waals surface area (Å²) >= 11 is 5.66. The molecule has 0 unspecified atom stereocenters. The van der Waals surface area contributed by atoms with E-state index in [1.807, 2.05) is 0 Å². The number of rotatable bonds is 2.